The van der Waals surface area contributed by atoms with Gasteiger partial charge >= 0.3 is 0 Å². The Hall–Kier alpha value is -4.49. The second-order valence-corrected chi connectivity index (χ2v) is 10.3. The summed E-state index contributed by atoms with van der Waals surface area (Å²) in [7, 11) is 1.64. The van der Waals surface area contributed by atoms with E-state index < -0.39 is 0 Å². The maximum Gasteiger partial charge on any atom is 0.266 e. The van der Waals surface area contributed by atoms with E-state index in [0.717, 1.165) is 34.0 Å². The summed E-state index contributed by atoms with van der Waals surface area (Å²) in [4.78, 5) is 24.5. The van der Waals surface area contributed by atoms with Crippen molar-refractivity contribution in [2.24, 2.45) is 4.99 Å². The first kappa shape index (κ1) is 24.8. The molecule has 39 heavy (non-hydrogen) atoms. The zero-order chi connectivity index (χ0) is 26.8. The van der Waals surface area contributed by atoms with E-state index in [4.69, 9.17) is 9.73 Å². The van der Waals surface area contributed by atoms with Crippen molar-refractivity contribution in [1.29, 1.82) is 0 Å². The molecule has 0 spiro atoms. The summed E-state index contributed by atoms with van der Waals surface area (Å²) in [6.45, 7) is 2.60. The minimum absolute atomic E-state index is 0.0365. The van der Waals surface area contributed by atoms with Gasteiger partial charge in [-0.3, -0.25) is 9.69 Å². The molecule has 0 saturated carbocycles. The van der Waals surface area contributed by atoms with Gasteiger partial charge in [-0.15, -0.1) is 0 Å². The quantitative estimate of drug-likeness (QED) is 0.227. The molecule has 1 aliphatic rings. The van der Waals surface area contributed by atoms with Crippen LogP contribution in [0.1, 0.15) is 17.0 Å². The number of thioether (sulfide) groups is 1. The summed E-state index contributed by atoms with van der Waals surface area (Å²) in [6.07, 6.45) is 4.72. The highest BCUT2D eigenvalue weighted by atomic mass is 32.2. The molecule has 194 valence electrons. The summed E-state index contributed by atoms with van der Waals surface area (Å²) in [5.74, 6) is 0.730. The van der Waals surface area contributed by atoms with Gasteiger partial charge in [0.1, 0.15) is 5.75 Å². The third-order valence-electron chi connectivity index (χ3n) is 6.86. The Morgan fingerprint density at radius 1 is 0.949 bits per heavy atom. The SMILES string of the molecule is COc1ccc(N=C2S/C(=C\c3ccc(C)n3-c3ccccc3)C(=O)N2CCc2c[nH]c3ccccc23)cc1. The number of aromatic amines is 1. The van der Waals surface area contributed by atoms with E-state index in [1.54, 1.807) is 12.0 Å². The number of aromatic nitrogens is 2. The van der Waals surface area contributed by atoms with Crippen LogP contribution in [0.5, 0.6) is 5.75 Å². The van der Waals surface area contributed by atoms with E-state index in [1.807, 2.05) is 66.9 Å². The number of fused-ring (bicyclic) bond motifs is 1. The highest BCUT2D eigenvalue weighted by molar-refractivity contribution is 8.18. The number of benzene rings is 3. The topological polar surface area (TPSA) is 62.6 Å². The maximum atomic E-state index is 13.8. The molecule has 0 atom stereocenters. The average molecular weight is 533 g/mol. The van der Waals surface area contributed by atoms with Crippen molar-refractivity contribution in [3.8, 4) is 11.4 Å². The Kier molecular flexibility index (Phi) is 6.82. The number of aryl methyl sites for hydroxylation is 1. The minimum Gasteiger partial charge on any atom is -0.497 e. The summed E-state index contributed by atoms with van der Waals surface area (Å²) in [5.41, 5.74) is 6.17. The fourth-order valence-corrected chi connectivity index (χ4v) is 5.87. The Morgan fingerprint density at radius 3 is 2.51 bits per heavy atom. The van der Waals surface area contributed by atoms with Gasteiger partial charge in [-0.25, -0.2) is 4.99 Å². The molecule has 3 aromatic carbocycles. The highest BCUT2D eigenvalue weighted by Gasteiger charge is 2.33. The van der Waals surface area contributed by atoms with E-state index in [-0.39, 0.29) is 5.91 Å². The third kappa shape index (κ3) is 5.01. The molecule has 0 aliphatic carbocycles. The van der Waals surface area contributed by atoms with E-state index in [1.165, 1.54) is 22.7 Å². The number of rotatable bonds is 7. The maximum absolute atomic E-state index is 13.8. The molecular weight excluding hydrogens is 504 g/mol. The van der Waals surface area contributed by atoms with Gasteiger partial charge in [-0.2, -0.15) is 0 Å². The average Bonchev–Trinajstić information content (AvgIpc) is 3.64. The molecule has 7 heteroatoms. The lowest BCUT2D eigenvalue weighted by molar-refractivity contribution is -0.122. The van der Waals surface area contributed by atoms with Crippen LogP contribution in [0.3, 0.4) is 0 Å². The lowest BCUT2D eigenvalue weighted by Gasteiger charge is -2.15. The van der Waals surface area contributed by atoms with Crippen molar-refractivity contribution in [1.82, 2.24) is 14.5 Å². The summed E-state index contributed by atoms with van der Waals surface area (Å²) in [5, 5.41) is 1.85. The molecule has 5 aromatic rings. The number of amidine groups is 1. The van der Waals surface area contributed by atoms with Crippen molar-refractivity contribution in [3.63, 3.8) is 0 Å². The van der Waals surface area contributed by atoms with Crippen molar-refractivity contribution >= 4 is 45.5 Å². The van der Waals surface area contributed by atoms with Crippen LogP contribution in [0.25, 0.3) is 22.7 Å². The van der Waals surface area contributed by atoms with Crippen LogP contribution in [0, 0.1) is 6.92 Å². The molecule has 1 N–H and O–H groups in total. The number of methoxy groups -OCH3 is 1. The molecule has 6 rings (SSSR count). The minimum atomic E-state index is -0.0365. The van der Waals surface area contributed by atoms with Crippen molar-refractivity contribution < 1.29 is 9.53 Å². The number of carbonyl (C=O) groups excluding carboxylic acids is 1. The van der Waals surface area contributed by atoms with Gasteiger partial charge in [0.05, 0.1) is 17.7 Å². The molecule has 3 heterocycles. The first-order chi connectivity index (χ1) is 19.1. The molecular formula is C32H28N4O2S. The van der Waals surface area contributed by atoms with Crippen LogP contribution < -0.4 is 4.74 Å². The summed E-state index contributed by atoms with van der Waals surface area (Å²) in [6, 6.07) is 30.1. The van der Waals surface area contributed by atoms with Crippen LogP contribution in [0.2, 0.25) is 0 Å². The summed E-state index contributed by atoms with van der Waals surface area (Å²) >= 11 is 1.42. The number of amides is 1. The van der Waals surface area contributed by atoms with Crippen LogP contribution >= 0.6 is 11.8 Å². The van der Waals surface area contributed by atoms with Crippen LogP contribution in [-0.2, 0) is 11.2 Å². The van der Waals surface area contributed by atoms with Crippen molar-refractivity contribution in [2.45, 2.75) is 13.3 Å². The predicted octanol–water partition coefficient (Wildman–Crippen LogP) is 7.12. The van der Waals surface area contributed by atoms with E-state index >= 15 is 0 Å². The highest BCUT2D eigenvalue weighted by Crippen LogP contribution is 2.35. The largest absolute Gasteiger partial charge is 0.497 e. The van der Waals surface area contributed by atoms with E-state index in [2.05, 4.69) is 52.9 Å². The number of ether oxygens (including phenoxy) is 1. The molecule has 0 unspecified atom stereocenters. The fraction of sp³-hybridized carbons (Fsp3) is 0.125. The van der Waals surface area contributed by atoms with Crippen LogP contribution in [-0.4, -0.2) is 39.2 Å². The van der Waals surface area contributed by atoms with Gasteiger partial charge in [0.25, 0.3) is 5.91 Å². The number of nitrogens with zero attached hydrogens (tertiary/aromatic N) is 3. The number of nitrogens with one attached hydrogen (secondary N) is 1. The van der Waals surface area contributed by atoms with E-state index in [0.29, 0.717) is 23.0 Å². The molecule has 0 radical (unpaired) electrons. The first-order valence-corrected chi connectivity index (χ1v) is 13.7. The van der Waals surface area contributed by atoms with Gasteiger partial charge in [-0.1, -0.05) is 36.4 Å². The molecule has 1 aliphatic heterocycles. The molecule has 2 aromatic heterocycles. The van der Waals surface area contributed by atoms with Gasteiger partial charge in [0, 0.05) is 40.7 Å². The number of aliphatic imine (C=N–C) groups is 1. The normalized spacial score (nSPS) is 15.6. The Labute approximate surface area is 231 Å². The Morgan fingerprint density at radius 2 is 1.72 bits per heavy atom. The fourth-order valence-electron chi connectivity index (χ4n) is 4.86. The first-order valence-electron chi connectivity index (χ1n) is 12.8. The smallest absolute Gasteiger partial charge is 0.266 e. The molecule has 1 fully saturated rings. The zero-order valence-corrected chi connectivity index (χ0v) is 22.6. The molecule has 6 nitrogen and oxygen atoms in total. The van der Waals surface area contributed by atoms with Crippen molar-refractivity contribution in [2.75, 3.05) is 13.7 Å². The number of H-pyrrole nitrogens is 1. The lowest BCUT2D eigenvalue weighted by atomic mass is 10.1. The number of carbonyl (C=O) groups is 1. The molecule has 1 amide bonds. The van der Waals surface area contributed by atoms with Gasteiger partial charge < -0.3 is 14.3 Å². The van der Waals surface area contributed by atoms with Gasteiger partial charge in [-0.05, 0) is 91.3 Å². The Balaban J connectivity index is 1.34. The Bertz CT molecular complexity index is 1700. The summed E-state index contributed by atoms with van der Waals surface area (Å²) < 4.78 is 7.46. The van der Waals surface area contributed by atoms with Crippen LogP contribution in [0.15, 0.2) is 107 Å². The van der Waals surface area contributed by atoms with Crippen LogP contribution in [0.4, 0.5) is 5.69 Å². The lowest BCUT2D eigenvalue weighted by Crippen LogP contribution is -2.31. The standard InChI is InChI=1S/C32H28N4O2S/c1-22-12-15-26(36(22)25-8-4-3-5-9-25)20-30-31(37)35(19-18-23-21-33-29-11-7-6-10-28(23)29)32(39-30)34-24-13-16-27(38-2)17-14-24/h3-17,20-21,33H,18-19H2,1-2H3/b30-20-,34-32?. The predicted molar refractivity (Wildman–Crippen MR) is 160 cm³/mol. The van der Waals surface area contributed by atoms with Gasteiger partial charge in [0.15, 0.2) is 5.17 Å². The number of hydrogen-bond acceptors (Lipinski definition) is 4. The van der Waals surface area contributed by atoms with E-state index in [9.17, 15) is 4.79 Å². The molecule has 0 bridgehead atoms. The van der Waals surface area contributed by atoms with Crippen molar-refractivity contribution in [3.05, 3.63) is 119 Å². The number of para-hydroxylation sites is 2. The second-order valence-electron chi connectivity index (χ2n) is 9.34. The molecule has 1 saturated heterocycles. The zero-order valence-electron chi connectivity index (χ0n) is 21.8. The monoisotopic (exact) mass is 532 g/mol. The van der Waals surface area contributed by atoms with Gasteiger partial charge in [0.2, 0.25) is 0 Å². The second kappa shape index (κ2) is 10.7. The number of hydrogen-bond donors (Lipinski definition) is 1. The third-order valence-corrected chi connectivity index (χ3v) is 7.87.